The van der Waals surface area contributed by atoms with E-state index in [1.807, 2.05) is 29.2 Å². The monoisotopic (exact) mass is 490 g/mol. The maximum Gasteiger partial charge on any atom is 0.246 e. The lowest BCUT2D eigenvalue weighted by atomic mass is 10.1. The molecule has 1 saturated heterocycles. The number of carbonyl (C=O) groups is 1. The number of ether oxygens (including phenoxy) is 2. The molecule has 0 spiro atoms. The van der Waals surface area contributed by atoms with Crippen LogP contribution < -0.4 is 9.47 Å². The minimum atomic E-state index is -0.228. The highest BCUT2D eigenvalue weighted by molar-refractivity contribution is 9.10. The molecule has 0 bridgehead atoms. The molecule has 2 aromatic rings. The summed E-state index contributed by atoms with van der Waals surface area (Å²) in [5.74, 6) is 1.03. The van der Waals surface area contributed by atoms with Crippen LogP contribution in [0.2, 0.25) is 0 Å². The Morgan fingerprint density at radius 2 is 1.71 bits per heavy atom. The summed E-state index contributed by atoms with van der Waals surface area (Å²) in [5, 5.41) is 0. The maximum absolute atomic E-state index is 13.2. The van der Waals surface area contributed by atoms with Crippen molar-refractivity contribution < 1.29 is 18.7 Å². The normalized spacial score (nSPS) is 19.6. The van der Waals surface area contributed by atoms with Crippen molar-refractivity contribution in [3.05, 3.63) is 63.9 Å². The van der Waals surface area contributed by atoms with Crippen LogP contribution in [-0.2, 0) is 11.3 Å². The second-order valence-electron chi connectivity index (χ2n) is 7.82. The van der Waals surface area contributed by atoms with E-state index in [2.05, 4.69) is 34.7 Å². The minimum Gasteiger partial charge on any atom is -0.495 e. The molecule has 0 radical (unpaired) electrons. The standard InChI is InChI=1S/C24H28BrFN2O3/c1-16-14-28(17(2)13-27(16)15-18-5-8-20(26)9-6-18)23(29)10-7-19-11-21(30-3)24(25)22(12-19)31-4/h5-12,16-17H,13-15H2,1-4H3/b10-7+/t16-,17+/m0/s1. The summed E-state index contributed by atoms with van der Waals surface area (Å²) in [6.07, 6.45) is 3.38. The predicted molar refractivity (Wildman–Crippen MR) is 124 cm³/mol. The van der Waals surface area contributed by atoms with E-state index < -0.39 is 0 Å². The summed E-state index contributed by atoms with van der Waals surface area (Å²) in [6, 6.07) is 10.6. The number of nitrogens with zero attached hydrogens (tertiary/aromatic N) is 2. The van der Waals surface area contributed by atoms with Crippen molar-refractivity contribution in [1.82, 2.24) is 9.80 Å². The van der Waals surface area contributed by atoms with Gasteiger partial charge in [0.15, 0.2) is 0 Å². The maximum atomic E-state index is 13.2. The zero-order valence-corrected chi connectivity index (χ0v) is 19.9. The van der Waals surface area contributed by atoms with Gasteiger partial charge in [-0.05, 0) is 71.2 Å². The molecule has 5 nitrogen and oxygen atoms in total. The Bertz CT molecular complexity index is 923. The number of halogens is 2. The van der Waals surface area contributed by atoms with Gasteiger partial charge in [-0.2, -0.15) is 0 Å². The van der Waals surface area contributed by atoms with Crippen LogP contribution in [0.25, 0.3) is 6.08 Å². The smallest absolute Gasteiger partial charge is 0.246 e. The first-order chi connectivity index (χ1) is 14.8. The van der Waals surface area contributed by atoms with E-state index in [0.29, 0.717) is 18.0 Å². The Labute approximate surface area is 191 Å². The van der Waals surface area contributed by atoms with Crippen LogP contribution in [-0.4, -0.2) is 55.1 Å². The van der Waals surface area contributed by atoms with Crippen LogP contribution in [0.5, 0.6) is 11.5 Å². The predicted octanol–water partition coefficient (Wildman–Crippen LogP) is 4.74. The van der Waals surface area contributed by atoms with Gasteiger partial charge in [0.1, 0.15) is 21.8 Å². The van der Waals surface area contributed by atoms with Gasteiger partial charge in [0.2, 0.25) is 5.91 Å². The van der Waals surface area contributed by atoms with Gasteiger partial charge in [-0.3, -0.25) is 9.69 Å². The third kappa shape index (κ3) is 5.66. The van der Waals surface area contributed by atoms with Crippen molar-refractivity contribution in [2.24, 2.45) is 0 Å². The lowest BCUT2D eigenvalue weighted by Gasteiger charge is -2.44. The van der Waals surface area contributed by atoms with E-state index in [4.69, 9.17) is 9.47 Å². The number of amides is 1. The van der Waals surface area contributed by atoms with Gasteiger partial charge in [-0.1, -0.05) is 12.1 Å². The van der Waals surface area contributed by atoms with Gasteiger partial charge >= 0.3 is 0 Å². The molecule has 1 fully saturated rings. The van der Waals surface area contributed by atoms with Crippen molar-refractivity contribution >= 4 is 27.9 Å². The Kier molecular flexibility index (Phi) is 7.73. The quantitative estimate of drug-likeness (QED) is 0.548. The van der Waals surface area contributed by atoms with Crippen molar-refractivity contribution in [2.75, 3.05) is 27.3 Å². The summed E-state index contributed by atoms with van der Waals surface area (Å²) in [7, 11) is 3.18. The number of carbonyl (C=O) groups excluding carboxylic acids is 1. The van der Waals surface area contributed by atoms with E-state index in [9.17, 15) is 9.18 Å². The van der Waals surface area contributed by atoms with Gasteiger partial charge in [0.25, 0.3) is 0 Å². The molecule has 0 N–H and O–H groups in total. The lowest BCUT2D eigenvalue weighted by Crippen LogP contribution is -2.57. The van der Waals surface area contributed by atoms with Crippen LogP contribution in [0.4, 0.5) is 4.39 Å². The van der Waals surface area contributed by atoms with Crippen LogP contribution in [0.1, 0.15) is 25.0 Å². The molecular formula is C24H28BrFN2O3. The molecule has 1 heterocycles. The zero-order valence-electron chi connectivity index (χ0n) is 18.3. The Balaban J connectivity index is 1.67. The number of piperazine rings is 1. The van der Waals surface area contributed by atoms with Crippen molar-refractivity contribution in [3.8, 4) is 11.5 Å². The summed E-state index contributed by atoms with van der Waals surface area (Å²) < 4.78 is 24.6. The number of rotatable bonds is 6. The summed E-state index contributed by atoms with van der Waals surface area (Å²) in [6.45, 7) is 6.31. The van der Waals surface area contributed by atoms with E-state index in [1.165, 1.54) is 12.1 Å². The van der Waals surface area contributed by atoms with Crippen LogP contribution in [0.3, 0.4) is 0 Å². The molecule has 2 atom stereocenters. The highest BCUT2D eigenvalue weighted by Crippen LogP contribution is 2.36. The van der Waals surface area contributed by atoms with E-state index >= 15 is 0 Å². The topological polar surface area (TPSA) is 42.0 Å². The van der Waals surface area contributed by atoms with Gasteiger partial charge in [0.05, 0.1) is 14.2 Å². The third-order valence-corrected chi connectivity index (χ3v) is 6.37. The third-order valence-electron chi connectivity index (χ3n) is 5.58. The molecule has 3 rings (SSSR count). The first-order valence-electron chi connectivity index (χ1n) is 10.2. The number of hydrogen-bond donors (Lipinski definition) is 0. The first kappa shape index (κ1) is 23.3. The largest absolute Gasteiger partial charge is 0.495 e. The van der Waals surface area contributed by atoms with Crippen LogP contribution in [0, 0.1) is 5.82 Å². The van der Waals surface area contributed by atoms with Crippen LogP contribution in [0.15, 0.2) is 46.9 Å². The zero-order chi connectivity index (χ0) is 22.5. The molecule has 7 heteroatoms. The average Bonchev–Trinajstić information content (AvgIpc) is 2.76. The van der Waals surface area contributed by atoms with Crippen molar-refractivity contribution in [3.63, 3.8) is 0 Å². The molecular weight excluding hydrogens is 463 g/mol. The Morgan fingerprint density at radius 3 is 2.29 bits per heavy atom. The van der Waals surface area contributed by atoms with Gasteiger partial charge in [-0.15, -0.1) is 0 Å². The summed E-state index contributed by atoms with van der Waals surface area (Å²) >= 11 is 3.45. The van der Waals surface area contributed by atoms with Gasteiger partial charge in [-0.25, -0.2) is 4.39 Å². The average molecular weight is 491 g/mol. The molecule has 0 saturated carbocycles. The number of methoxy groups -OCH3 is 2. The molecule has 1 aliphatic rings. The van der Waals surface area contributed by atoms with E-state index in [1.54, 1.807) is 26.4 Å². The minimum absolute atomic E-state index is 0.0263. The molecule has 166 valence electrons. The Hall–Kier alpha value is -2.38. The Morgan fingerprint density at radius 1 is 1.10 bits per heavy atom. The second kappa shape index (κ2) is 10.3. The summed E-state index contributed by atoms with van der Waals surface area (Å²) in [5.41, 5.74) is 1.89. The number of benzene rings is 2. The lowest BCUT2D eigenvalue weighted by molar-refractivity contribution is -0.131. The van der Waals surface area contributed by atoms with Crippen molar-refractivity contribution in [2.45, 2.75) is 32.5 Å². The van der Waals surface area contributed by atoms with Crippen molar-refractivity contribution in [1.29, 1.82) is 0 Å². The van der Waals surface area contributed by atoms with Crippen LogP contribution >= 0.6 is 15.9 Å². The first-order valence-corrected chi connectivity index (χ1v) is 11.0. The SMILES string of the molecule is COc1cc(/C=C/C(=O)N2C[C@H](C)N(Cc3ccc(F)cc3)C[C@H]2C)cc(OC)c1Br. The second-order valence-corrected chi connectivity index (χ2v) is 8.61. The fourth-order valence-corrected chi connectivity index (χ4v) is 4.35. The fraction of sp³-hybridized carbons (Fsp3) is 0.375. The highest BCUT2D eigenvalue weighted by atomic mass is 79.9. The molecule has 1 aliphatic heterocycles. The molecule has 0 aliphatic carbocycles. The van der Waals surface area contributed by atoms with Gasteiger partial charge in [0, 0.05) is 37.8 Å². The molecule has 31 heavy (non-hydrogen) atoms. The van der Waals surface area contributed by atoms with E-state index in [-0.39, 0.29) is 23.8 Å². The number of hydrogen-bond acceptors (Lipinski definition) is 4. The fourth-order valence-electron chi connectivity index (χ4n) is 3.80. The summed E-state index contributed by atoms with van der Waals surface area (Å²) in [4.78, 5) is 17.1. The molecule has 2 aromatic carbocycles. The molecule has 1 amide bonds. The van der Waals surface area contributed by atoms with E-state index in [0.717, 1.165) is 28.7 Å². The highest BCUT2D eigenvalue weighted by Gasteiger charge is 2.31. The van der Waals surface area contributed by atoms with Gasteiger partial charge < -0.3 is 14.4 Å². The molecule has 0 unspecified atom stereocenters. The molecule has 0 aromatic heterocycles.